The average molecular weight is 358 g/mol. The number of nitrogens with one attached hydrogen (secondary N) is 2. The Hall–Kier alpha value is -1.49. The van der Waals surface area contributed by atoms with Gasteiger partial charge in [-0.1, -0.05) is 0 Å². The van der Waals surface area contributed by atoms with Gasteiger partial charge >= 0.3 is 5.69 Å². The molecule has 0 aliphatic rings. The first-order valence-electron chi connectivity index (χ1n) is 5.91. The van der Waals surface area contributed by atoms with E-state index in [1.54, 1.807) is 14.0 Å². The van der Waals surface area contributed by atoms with Crippen molar-refractivity contribution in [3.05, 3.63) is 28.1 Å². The van der Waals surface area contributed by atoms with Gasteiger partial charge in [-0.05, 0) is 20.0 Å². The Balaban J connectivity index is 0.00000441. The zero-order valence-corrected chi connectivity index (χ0v) is 13.8. The van der Waals surface area contributed by atoms with Crippen molar-refractivity contribution in [2.24, 2.45) is 0 Å². The van der Waals surface area contributed by atoms with E-state index in [1.165, 1.54) is 0 Å². The maximum Gasteiger partial charge on any atom is 0.315 e. The zero-order valence-electron chi connectivity index (χ0n) is 12.1. The van der Waals surface area contributed by atoms with Gasteiger partial charge < -0.3 is 10.1 Å². The number of sulfonamides is 1. The van der Waals surface area contributed by atoms with Crippen LogP contribution in [0.1, 0.15) is 6.92 Å². The van der Waals surface area contributed by atoms with Gasteiger partial charge in [0, 0.05) is 18.7 Å². The maximum atomic E-state index is 13.7. The smallest absolute Gasteiger partial charge is 0.315 e. The summed E-state index contributed by atoms with van der Waals surface area (Å²) < 4.78 is 44.6. The molecule has 1 atom stereocenters. The number of benzene rings is 1. The van der Waals surface area contributed by atoms with Gasteiger partial charge in [0.2, 0.25) is 15.8 Å². The first-order chi connectivity index (χ1) is 9.72. The molecule has 2 N–H and O–H groups in total. The molecule has 0 radical (unpaired) electrons. The maximum absolute atomic E-state index is 13.7. The Morgan fingerprint density at radius 1 is 1.45 bits per heavy atom. The molecule has 11 heteroatoms. The molecule has 0 aliphatic carbocycles. The van der Waals surface area contributed by atoms with Crippen molar-refractivity contribution >= 4 is 28.1 Å². The number of likely N-dealkylation sites (N-methyl/N-ethyl adjacent to an activating group) is 1. The number of hydrogen-bond donors (Lipinski definition) is 2. The minimum absolute atomic E-state index is 0. The van der Waals surface area contributed by atoms with Crippen LogP contribution in [0, 0.1) is 15.9 Å². The Bertz CT molecular complexity index is 641. The summed E-state index contributed by atoms with van der Waals surface area (Å²) in [7, 11) is -1.35. The molecule has 1 rings (SSSR count). The molecule has 1 unspecified atom stereocenters. The molecule has 126 valence electrons. The van der Waals surface area contributed by atoms with E-state index in [0.29, 0.717) is 6.07 Å². The lowest BCUT2D eigenvalue weighted by Crippen LogP contribution is -2.37. The fourth-order valence-electron chi connectivity index (χ4n) is 1.47. The minimum atomic E-state index is -4.06. The predicted octanol–water partition coefficient (Wildman–Crippen LogP) is 1.05. The largest absolute Gasteiger partial charge is 0.488 e. The fourth-order valence-corrected chi connectivity index (χ4v) is 2.63. The predicted molar refractivity (Wildman–Crippen MR) is 80.6 cm³/mol. The van der Waals surface area contributed by atoms with Crippen LogP contribution in [0.4, 0.5) is 10.1 Å². The first-order valence-corrected chi connectivity index (χ1v) is 7.40. The molecule has 1 aromatic rings. The highest BCUT2D eigenvalue weighted by Crippen LogP contribution is 2.32. The van der Waals surface area contributed by atoms with Crippen LogP contribution in [-0.4, -0.2) is 40.1 Å². The van der Waals surface area contributed by atoms with Crippen LogP contribution in [0.15, 0.2) is 17.0 Å². The molecule has 0 aromatic heterocycles. The summed E-state index contributed by atoms with van der Waals surface area (Å²) >= 11 is 0. The topological polar surface area (TPSA) is 111 Å². The van der Waals surface area contributed by atoms with Crippen LogP contribution in [0.2, 0.25) is 0 Å². The molecule has 0 bridgehead atoms. The summed E-state index contributed by atoms with van der Waals surface area (Å²) in [5.41, 5.74) is -0.750. The molecule has 0 spiro atoms. The Morgan fingerprint density at radius 3 is 2.50 bits per heavy atom. The summed E-state index contributed by atoms with van der Waals surface area (Å²) in [6, 6.07) is 1.28. The van der Waals surface area contributed by atoms with E-state index in [9.17, 15) is 22.9 Å². The summed E-state index contributed by atoms with van der Waals surface area (Å²) in [4.78, 5) is 9.42. The molecule has 0 saturated heterocycles. The van der Waals surface area contributed by atoms with E-state index in [2.05, 4.69) is 14.8 Å². The minimum Gasteiger partial charge on any atom is -0.488 e. The number of rotatable bonds is 7. The van der Waals surface area contributed by atoms with Crippen molar-refractivity contribution in [3.63, 3.8) is 0 Å². The highest BCUT2D eigenvalue weighted by atomic mass is 35.5. The van der Waals surface area contributed by atoms with Crippen molar-refractivity contribution in [2.45, 2.75) is 17.9 Å². The van der Waals surface area contributed by atoms with Crippen molar-refractivity contribution in [1.82, 2.24) is 10.0 Å². The summed E-state index contributed by atoms with van der Waals surface area (Å²) in [6.07, 6.45) is 0. The molecule has 1 aromatic carbocycles. The molecule has 0 saturated carbocycles. The fraction of sp³-hybridized carbons (Fsp3) is 0.455. The van der Waals surface area contributed by atoms with Crippen LogP contribution < -0.4 is 14.8 Å². The number of ether oxygens (including phenoxy) is 1. The van der Waals surface area contributed by atoms with Crippen LogP contribution >= 0.6 is 12.4 Å². The van der Waals surface area contributed by atoms with Gasteiger partial charge in [-0.3, -0.25) is 10.1 Å². The molecular weight excluding hydrogens is 341 g/mol. The Labute approximate surface area is 133 Å². The number of nitrogens with zero attached hydrogens (tertiary/aromatic N) is 1. The zero-order chi connectivity index (χ0) is 16.2. The molecule has 22 heavy (non-hydrogen) atoms. The Morgan fingerprint density at radius 2 is 2.05 bits per heavy atom. The van der Waals surface area contributed by atoms with Gasteiger partial charge in [0.25, 0.3) is 0 Å². The molecule has 0 amide bonds. The van der Waals surface area contributed by atoms with Crippen molar-refractivity contribution in [2.75, 3.05) is 20.7 Å². The highest BCUT2D eigenvalue weighted by molar-refractivity contribution is 7.89. The Kier molecular flexibility index (Phi) is 7.67. The van der Waals surface area contributed by atoms with Crippen molar-refractivity contribution < 1.29 is 22.5 Å². The SMILES string of the molecule is CNC(C)CNS(=O)(=O)c1cc(F)c(OC)c([N+](=O)[O-])c1.Cl. The van der Waals surface area contributed by atoms with E-state index in [4.69, 9.17) is 0 Å². The lowest BCUT2D eigenvalue weighted by molar-refractivity contribution is -0.386. The van der Waals surface area contributed by atoms with Crippen LogP contribution in [0.3, 0.4) is 0 Å². The normalized spacial score (nSPS) is 12.4. The van der Waals surface area contributed by atoms with Crippen LogP contribution in [0.5, 0.6) is 5.75 Å². The number of halogens is 2. The summed E-state index contributed by atoms with van der Waals surface area (Å²) in [5.74, 6) is -1.73. The van der Waals surface area contributed by atoms with Gasteiger partial charge in [0.15, 0.2) is 5.82 Å². The van der Waals surface area contributed by atoms with E-state index >= 15 is 0 Å². The van der Waals surface area contributed by atoms with Gasteiger partial charge in [0.1, 0.15) is 0 Å². The molecular formula is C11H17ClFN3O5S. The van der Waals surface area contributed by atoms with Crippen molar-refractivity contribution in [1.29, 1.82) is 0 Å². The third kappa shape index (κ3) is 4.77. The number of hydrogen-bond acceptors (Lipinski definition) is 6. The molecule has 8 nitrogen and oxygen atoms in total. The van der Waals surface area contributed by atoms with Gasteiger partial charge in [-0.15, -0.1) is 12.4 Å². The summed E-state index contributed by atoms with van der Waals surface area (Å²) in [6.45, 7) is 1.79. The van der Waals surface area contributed by atoms with E-state index in [0.717, 1.165) is 13.2 Å². The van der Waals surface area contributed by atoms with E-state index in [-0.39, 0.29) is 25.0 Å². The quantitative estimate of drug-likeness (QED) is 0.557. The molecule has 0 heterocycles. The first kappa shape index (κ1) is 20.5. The van der Waals surface area contributed by atoms with E-state index < -0.39 is 37.1 Å². The second kappa shape index (κ2) is 8.22. The third-order valence-corrected chi connectivity index (χ3v) is 4.18. The monoisotopic (exact) mass is 357 g/mol. The standard InChI is InChI=1S/C11H16FN3O5S.ClH/c1-7(13-2)6-14-21(18,19)8-4-9(12)11(20-3)10(5-8)15(16)17;/h4-5,7,13-14H,6H2,1-3H3;1H. The molecule has 0 aliphatic heterocycles. The lowest BCUT2D eigenvalue weighted by Gasteiger charge is -2.12. The number of nitro groups is 1. The van der Waals surface area contributed by atoms with Crippen LogP contribution in [0.25, 0.3) is 0 Å². The second-order valence-electron chi connectivity index (χ2n) is 4.26. The number of methoxy groups -OCH3 is 1. The van der Waals surface area contributed by atoms with Gasteiger partial charge in [-0.2, -0.15) is 0 Å². The average Bonchev–Trinajstić information content (AvgIpc) is 2.43. The van der Waals surface area contributed by atoms with Gasteiger partial charge in [-0.25, -0.2) is 17.5 Å². The van der Waals surface area contributed by atoms with Crippen LogP contribution in [-0.2, 0) is 10.0 Å². The van der Waals surface area contributed by atoms with Crippen molar-refractivity contribution in [3.8, 4) is 5.75 Å². The highest BCUT2D eigenvalue weighted by Gasteiger charge is 2.26. The second-order valence-corrected chi connectivity index (χ2v) is 6.02. The molecule has 0 fully saturated rings. The van der Waals surface area contributed by atoms with Gasteiger partial charge in [0.05, 0.1) is 16.9 Å². The van der Waals surface area contributed by atoms with E-state index in [1.807, 2.05) is 0 Å². The number of nitro benzene ring substituents is 1. The summed E-state index contributed by atoms with van der Waals surface area (Å²) in [5, 5.41) is 13.7. The third-order valence-electron chi connectivity index (χ3n) is 2.78. The lowest BCUT2D eigenvalue weighted by atomic mass is 10.3.